The number of anilines is 3. The molecule has 1 aliphatic carbocycles. The second-order valence-corrected chi connectivity index (χ2v) is 9.89. The summed E-state index contributed by atoms with van der Waals surface area (Å²) >= 11 is 0. The molecule has 1 amide bonds. The molecule has 38 heavy (non-hydrogen) atoms. The van der Waals surface area contributed by atoms with Crippen molar-refractivity contribution in [2.75, 3.05) is 16.8 Å². The van der Waals surface area contributed by atoms with Crippen molar-refractivity contribution >= 4 is 28.7 Å². The quantitative estimate of drug-likeness (QED) is 0.296. The molecule has 0 atom stereocenters. The molecule has 10 nitrogen and oxygen atoms in total. The third-order valence-corrected chi connectivity index (χ3v) is 7.33. The number of amides is 1. The predicted octanol–water partition coefficient (Wildman–Crippen LogP) is 2.85. The molecule has 10 heteroatoms. The summed E-state index contributed by atoms with van der Waals surface area (Å²) in [6.07, 6.45) is 7.31. The van der Waals surface area contributed by atoms with Crippen molar-refractivity contribution in [3.63, 3.8) is 0 Å². The molecule has 0 bridgehead atoms. The van der Waals surface area contributed by atoms with Crippen molar-refractivity contribution in [3.8, 4) is 11.3 Å². The first kappa shape index (κ1) is 23.5. The van der Waals surface area contributed by atoms with Gasteiger partial charge in [0, 0.05) is 41.2 Å². The number of pyridine rings is 1. The number of nitrogens with one attached hydrogen (secondary N) is 1. The molecule has 1 fully saturated rings. The van der Waals surface area contributed by atoms with E-state index in [9.17, 15) is 14.4 Å². The Morgan fingerprint density at radius 1 is 1.05 bits per heavy atom. The monoisotopic (exact) mass is 507 g/mol. The molecular formula is C28H25N7O3. The van der Waals surface area contributed by atoms with Crippen molar-refractivity contribution in [1.82, 2.24) is 19.4 Å². The Bertz CT molecular complexity index is 1780. The Kier molecular flexibility index (Phi) is 5.52. The fourth-order valence-electron chi connectivity index (χ4n) is 5.21. The van der Waals surface area contributed by atoms with Crippen molar-refractivity contribution < 1.29 is 4.79 Å². The minimum absolute atomic E-state index is 0.109. The fraction of sp³-hybridized carbons (Fsp3) is 0.214. The maximum Gasteiger partial charge on any atom is 0.256 e. The molecule has 0 aliphatic heterocycles. The molecule has 5 N–H and O–H groups in total. The number of benzene rings is 1. The van der Waals surface area contributed by atoms with Crippen LogP contribution in [-0.4, -0.2) is 25.3 Å². The smallest absolute Gasteiger partial charge is 0.256 e. The third kappa shape index (κ3) is 3.90. The molecule has 1 saturated carbocycles. The number of nitrogens with zero attached hydrogens (tertiary/aromatic N) is 4. The number of nitrogen functional groups attached to an aromatic ring is 2. The number of fused-ring (bicyclic) bond motifs is 1. The minimum atomic E-state index is -0.571. The molecule has 3 heterocycles. The molecule has 190 valence electrons. The summed E-state index contributed by atoms with van der Waals surface area (Å²) < 4.78 is 1.97. The molecule has 0 saturated heterocycles. The van der Waals surface area contributed by atoms with Gasteiger partial charge < -0.3 is 16.8 Å². The van der Waals surface area contributed by atoms with Gasteiger partial charge in [-0.05, 0) is 61.9 Å². The molecule has 0 radical (unpaired) electrons. The molecule has 6 rings (SSSR count). The highest BCUT2D eigenvalue weighted by Crippen LogP contribution is 2.44. The van der Waals surface area contributed by atoms with E-state index in [1.54, 1.807) is 30.6 Å². The van der Waals surface area contributed by atoms with Crippen LogP contribution >= 0.6 is 0 Å². The van der Waals surface area contributed by atoms with Gasteiger partial charge in [-0.15, -0.1) is 0 Å². The van der Waals surface area contributed by atoms with Crippen LogP contribution in [0.4, 0.5) is 17.3 Å². The van der Waals surface area contributed by atoms with Gasteiger partial charge in [-0.25, -0.2) is 15.0 Å². The summed E-state index contributed by atoms with van der Waals surface area (Å²) in [6, 6.07) is 10.8. The second-order valence-electron chi connectivity index (χ2n) is 9.89. The normalized spacial score (nSPS) is 17.0. The van der Waals surface area contributed by atoms with E-state index in [0.717, 1.165) is 29.8 Å². The number of nitrogens with two attached hydrogens (primary N) is 2. The van der Waals surface area contributed by atoms with Gasteiger partial charge in [0.05, 0.1) is 5.69 Å². The van der Waals surface area contributed by atoms with E-state index in [0.29, 0.717) is 40.4 Å². The van der Waals surface area contributed by atoms with Gasteiger partial charge in [0.25, 0.3) is 5.91 Å². The summed E-state index contributed by atoms with van der Waals surface area (Å²) in [6.45, 7) is 1.94. The van der Waals surface area contributed by atoms with E-state index in [-0.39, 0.29) is 23.4 Å². The van der Waals surface area contributed by atoms with Crippen LogP contribution in [0.3, 0.4) is 0 Å². The van der Waals surface area contributed by atoms with Gasteiger partial charge in [-0.3, -0.25) is 18.8 Å². The minimum Gasteiger partial charge on any atom is -0.395 e. The average Bonchev–Trinajstić information content (AvgIpc) is 3.28. The molecule has 5 aromatic rings. The van der Waals surface area contributed by atoms with Crippen LogP contribution in [0.2, 0.25) is 0 Å². The summed E-state index contributed by atoms with van der Waals surface area (Å²) in [5.74, 6) is 1.90. The van der Waals surface area contributed by atoms with Crippen molar-refractivity contribution in [1.29, 1.82) is 0 Å². The molecular weight excluding hydrogens is 482 g/mol. The van der Waals surface area contributed by atoms with E-state index >= 15 is 0 Å². The van der Waals surface area contributed by atoms with Gasteiger partial charge in [-0.1, -0.05) is 12.1 Å². The van der Waals surface area contributed by atoms with Crippen molar-refractivity contribution in [3.05, 3.63) is 98.0 Å². The highest BCUT2D eigenvalue weighted by atomic mass is 16.2. The number of aromatic nitrogens is 4. The molecule has 1 aliphatic rings. The van der Waals surface area contributed by atoms with Gasteiger partial charge in [-0.2, -0.15) is 0 Å². The predicted molar refractivity (Wildman–Crippen MR) is 145 cm³/mol. The Hall–Kier alpha value is -4.86. The van der Waals surface area contributed by atoms with Crippen LogP contribution in [0, 0.1) is 12.8 Å². The zero-order valence-electron chi connectivity index (χ0n) is 20.6. The van der Waals surface area contributed by atoms with Gasteiger partial charge >= 0.3 is 0 Å². The first-order valence-electron chi connectivity index (χ1n) is 12.3. The second kappa shape index (κ2) is 8.91. The lowest BCUT2D eigenvalue weighted by Crippen LogP contribution is -2.40. The topological polar surface area (TPSA) is 158 Å². The van der Waals surface area contributed by atoms with Crippen LogP contribution in [0.5, 0.6) is 0 Å². The van der Waals surface area contributed by atoms with E-state index in [1.165, 1.54) is 0 Å². The fourth-order valence-corrected chi connectivity index (χ4v) is 5.21. The highest BCUT2D eigenvalue weighted by Gasteiger charge is 2.36. The molecule has 0 unspecified atom stereocenters. The number of carbonyl (C=O) groups is 1. The SMILES string of the molecule is Cc1ccnc(NC(=O)c2ccc(-c3nc(C4CC(Cc5c(N)c(=O)c5=O)C4)n4ccnc(N)c34)cc2)c1. The maximum absolute atomic E-state index is 12.7. The lowest BCUT2D eigenvalue weighted by molar-refractivity contribution is 0.102. The first-order chi connectivity index (χ1) is 18.3. The number of hydrogen-bond acceptors (Lipinski definition) is 8. The van der Waals surface area contributed by atoms with Crippen LogP contribution < -0.4 is 27.6 Å². The van der Waals surface area contributed by atoms with Crippen LogP contribution in [0.25, 0.3) is 16.8 Å². The highest BCUT2D eigenvalue weighted by molar-refractivity contribution is 6.04. The van der Waals surface area contributed by atoms with E-state index in [2.05, 4.69) is 15.3 Å². The van der Waals surface area contributed by atoms with Gasteiger partial charge in [0.15, 0.2) is 0 Å². The average molecular weight is 508 g/mol. The lowest BCUT2D eigenvalue weighted by Gasteiger charge is -2.34. The van der Waals surface area contributed by atoms with Gasteiger partial charge in [0.1, 0.15) is 28.7 Å². The summed E-state index contributed by atoms with van der Waals surface area (Å²) in [5, 5.41) is 2.81. The Labute approximate surface area is 217 Å². The largest absolute Gasteiger partial charge is 0.395 e. The Morgan fingerprint density at radius 2 is 1.82 bits per heavy atom. The number of rotatable bonds is 6. The summed E-state index contributed by atoms with van der Waals surface area (Å²) in [7, 11) is 0. The van der Waals surface area contributed by atoms with Crippen LogP contribution in [0.15, 0.2) is 64.6 Å². The number of carbonyl (C=O) groups excluding carboxylic acids is 1. The number of hydrogen-bond donors (Lipinski definition) is 3. The maximum atomic E-state index is 12.7. The molecule has 3 aromatic heterocycles. The van der Waals surface area contributed by atoms with E-state index in [4.69, 9.17) is 16.5 Å². The van der Waals surface area contributed by atoms with Crippen LogP contribution in [0.1, 0.15) is 46.1 Å². The summed E-state index contributed by atoms with van der Waals surface area (Å²) in [4.78, 5) is 49.3. The Morgan fingerprint density at radius 3 is 2.53 bits per heavy atom. The van der Waals surface area contributed by atoms with E-state index in [1.807, 2.05) is 35.7 Å². The van der Waals surface area contributed by atoms with Crippen LogP contribution in [-0.2, 0) is 6.42 Å². The standard InChI is InChI=1S/C28H25N7O3/c1-14-6-7-31-20(10-14)33-28(38)17-4-2-16(3-5-17)22-23-26(30)32-8-9-35(23)27(34-22)18-11-15(12-18)13-19-21(29)25(37)24(19)36/h2-10,15,18H,11-13,29H2,1H3,(H2,30,32)(H,31,33,38). The lowest BCUT2D eigenvalue weighted by atomic mass is 9.71. The van der Waals surface area contributed by atoms with Gasteiger partial charge in [0.2, 0.25) is 10.9 Å². The first-order valence-corrected chi connectivity index (χ1v) is 12.3. The number of imidazole rings is 1. The van der Waals surface area contributed by atoms with Crippen molar-refractivity contribution in [2.45, 2.75) is 32.1 Å². The van der Waals surface area contributed by atoms with E-state index < -0.39 is 10.9 Å². The zero-order valence-corrected chi connectivity index (χ0v) is 20.6. The number of aryl methyl sites for hydroxylation is 1. The summed E-state index contributed by atoms with van der Waals surface area (Å²) in [5.41, 5.74) is 15.2. The molecule has 2 aromatic carbocycles. The zero-order chi connectivity index (χ0) is 26.6. The third-order valence-electron chi connectivity index (χ3n) is 7.33. The Balaban J connectivity index is 1.24. The molecule has 0 spiro atoms. The van der Waals surface area contributed by atoms with Crippen molar-refractivity contribution in [2.24, 2.45) is 5.92 Å².